The lowest BCUT2D eigenvalue weighted by atomic mass is 9.92. The minimum absolute atomic E-state index is 0.0607. The molecule has 0 saturated heterocycles. The molecule has 0 bridgehead atoms. The van der Waals surface area contributed by atoms with Crippen molar-refractivity contribution in [1.82, 2.24) is 0 Å². The van der Waals surface area contributed by atoms with Gasteiger partial charge in [0.15, 0.2) is 0 Å². The Bertz CT molecular complexity index is 352. The van der Waals surface area contributed by atoms with Gasteiger partial charge < -0.3 is 10.6 Å². The Kier molecular flexibility index (Phi) is 3.19. The summed E-state index contributed by atoms with van der Waals surface area (Å²) in [6.45, 7) is 0.970. The molecule has 1 atom stereocenters. The first-order valence-electron chi connectivity index (χ1n) is 4.80. The fourth-order valence-corrected chi connectivity index (χ4v) is 1.27. The minimum atomic E-state index is -4.45. The second-order valence-electron chi connectivity index (χ2n) is 4.14. The monoisotopic (exact) mass is 232 g/mol. The molecule has 0 saturated carbocycles. The van der Waals surface area contributed by atoms with Crippen LogP contribution in [0.25, 0.3) is 0 Å². The van der Waals surface area contributed by atoms with E-state index in [1.165, 1.54) is 12.1 Å². The zero-order chi connectivity index (χ0) is 12.6. The van der Waals surface area contributed by atoms with E-state index in [1.807, 2.05) is 19.0 Å². The summed E-state index contributed by atoms with van der Waals surface area (Å²) in [7, 11) is 3.64. The maximum atomic E-state index is 12.6. The van der Waals surface area contributed by atoms with Crippen LogP contribution in [0.4, 0.5) is 18.9 Å². The van der Waals surface area contributed by atoms with Crippen LogP contribution < -0.4 is 10.6 Å². The van der Waals surface area contributed by atoms with Gasteiger partial charge in [-0.25, -0.2) is 0 Å². The number of nitrogens with zero attached hydrogens (tertiary/aromatic N) is 1. The summed E-state index contributed by atoms with van der Waals surface area (Å²) in [5.74, 6) is 0. The second-order valence-corrected chi connectivity index (χ2v) is 4.14. The summed E-state index contributed by atoms with van der Waals surface area (Å²) >= 11 is 0. The van der Waals surface area contributed by atoms with Crippen molar-refractivity contribution in [3.05, 3.63) is 29.8 Å². The number of halogens is 3. The van der Waals surface area contributed by atoms with E-state index in [-0.39, 0.29) is 5.56 Å². The number of benzene rings is 1. The first kappa shape index (κ1) is 12.8. The summed E-state index contributed by atoms with van der Waals surface area (Å²) in [5.41, 5.74) is 3.89. The maximum absolute atomic E-state index is 12.6. The van der Waals surface area contributed by atoms with Crippen LogP contribution in [-0.4, -0.2) is 20.3 Å². The molecule has 1 unspecified atom stereocenters. The van der Waals surface area contributed by atoms with E-state index in [0.717, 1.165) is 12.6 Å². The van der Waals surface area contributed by atoms with Crippen molar-refractivity contribution in [1.29, 1.82) is 0 Å². The van der Waals surface area contributed by atoms with Gasteiger partial charge in [-0.2, -0.15) is 13.2 Å². The highest BCUT2D eigenvalue weighted by Crippen LogP contribution is 2.36. The molecule has 5 heteroatoms. The third kappa shape index (κ3) is 2.29. The lowest BCUT2D eigenvalue weighted by Crippen LogP contribution is -2.47. The quantitative estimate of drug-likeness (QED) is 0.848. The Balaban J connectivity index is 3.07. The van der Waals surface area contributed by atoms with Crippen LogP contribution in [0.15, 0.2) is 24.3 Å². The largest absolute Gasteiger partial charge is 0.410 e. The smallest absolute Gasteiger partial charge is 0.378 e. The first-order chi connectivity index (χ1) is 7.16. The molecule has 2 N–H and O–H groups in total. The van der Waals surface area contributed by atoms with Crippen LogP contribution in [0.2, 0.25) is 0 Å². The van der Waals surface area contributed by atoms with Gasteiger partial charge in [0.05, 0.1) is 0 Å². The molecule has 0 amide bonds. The Morgan fingerprint density at radius 3 is 1.81 bits per heavy atom. The molecule has 1 aromatic carbocycles. The fourth-order valence-electron chi connectivity index (χ4n) is 1.27. The predicted octanol–water partition coefficient (Wildman–Crippen LogP) is 2.49. The summed E-state index contributed by atoms with van der Waals surface area (Å²) in [5, 5.41) is 0. The molecule has 0 aliphatic heterocycles. The molecule has 0 aliphatic rings. The van der Waals surface area contributed by atoms with Gasteiger partial charge in [-0.15, -0.1) is 0 Å². The molecular formula is C11H15F3N2. The van der Waals surface area contributed by atoms with E-state index in [1.54, 1.807) is 12.1 Å². The Hall–Kier alpha value is -1.23. The SMILES string of the molecule is CN(C)c1ccc(C(C)(N)C(F)(F)F)cc1. The number of hydrogen-bond donors (Lipinski definition) is 1. The number of hydrogen-bond acceptors (Lipinski definition) is 2. The number of nitrogens with two attached hydrogens (primary N) is 1. The van der Waals surface area contributed by atoms with Gasteiger partial charge in [-0.1, -0.05) is 12.1 Å². The van der Waals surface area contributed by atoms with Crippen molar-refractivity contribution in [3.63, 3.8) is 0 Å². The molecule has 1 rings (SSSR count). The number of alkyl halides is 3. The number of anilines is 1. The van der Waals surface area contributed by atoms with E-state index in [9.17, 15) is 13.2 Å². The van der Waals surface area contributed by atoms with Crippen LogP contribution >= 0.6 is 0 Å². The average molecular weight is 232 g/mol. The van der Waals surface area contributed by atoms with Crippen molar-refractivity contribution >= 4 is 5.69 Å². The molecule has 16 heavy (non-hydrogen) atoms. The second kappa shape index (κ2) is 3.97. The predicted molar refractivity (Wildman–Crippen MR) is 58.4 cm³/mol. The summed E-state index contributed by atoms with van der Waals surface area (Å²) < 4.78 is 37.9. The van der Waals surface area contributed by atoms with Crippen molar-refractivity contribution in [2.75, 3.05) is 19.0 Å². The fraction of sp³-hybridized carbons (Fsp3) is 0.455. The molecule has 0 heterocycles. The standard InChI is InChI=1S/C11H15F3N2/c1-10(15,11(12,13)14)8-4-6-9(7-5-8)16(2)3/h4-7H,15H2,1-3H3. The van der Waals surface area contributed by atoms with Crippen molar-refractivity contribution in [3.8, 4) is 0 Å². The van der Waals surface area contributed by atoms with Crippen molar-refractivity contribution in [2.45, 2.75) is 18.6 Å². The molecule has 90 valence electrons. The Labute approximate surface area is 92.9 Å². The molecule has 0 spiro atoms. The van der Waals surface area contributed by atoms with Gasteiger partial charge in [0.1, 0.15) is 5.54 Å². The third-order valence-corrected chi connectivity index (χ3v) is 2.57. The topological polar surface area (TPSA) is 29.3 Å². The van der Waals surface area contributed by atoms with Crippen molar-refractivity contribution in [2.24, 2.45) is 5.73 Å². The van der Waals surface area contributed by atoms with Crippen LogP contribution in [-0.2, 0) is 5.54 Å². The van der Waals surface area contributed by atoms with Gasteiger partial charge in [0, 0.05) is 19.8 Å². The average Bonchev–Trinajstić information content (AvgIpc) is 2.16. The lowest BCUT2D eigenvalue weighted by Gasteiger charge is -2.28. The molecule has 0 aliphatic carbocycles. The summed E-state index contributed by atoms with van der Waals surface area (Å²) in [6, 6.07) is 6.05. The summed E-state index contributed by atoms with van der Waals surface area (Å²) in [6.07, 6.45) is -4.45. The zero-order valence-electron chi connectivity index (χ0n) is 9.47. The molecular weight excluding hydrogens is 217 g/mol. The maximum Gasteiger partial charge on any atom is 0.410 e. The van der Waals surface area contributed by atoms with Crippen LogP contribution in [0.1, 0.15) is 12.5 Å². The van der Waals surface area contributed by atoms with E-state index in [4.69, 9.17) is 5.73 Å². The highest BCUT2D eigenvalue weighted by molar-refractivity contribution is 5.47. The lowest BCUT2D eigenvalue weighted by molar-refractivity contribution is -0.184. The van der Waals surface area contributed by atoms with E-state index >= 15 is 0 Å². The normalized spacial score (nSPS) is 15.7. The van der Waals surface area contributed by atoms with Crippen LogP contribution in [0.5, 0.6) is 0 Å². The van der Waals surface area contributed by atoms with Gasteiger partial charge in [0.2, 0.25) is 0 Å². The Morgan fingerprint density at radius 1 is 1.06 bits per heavy atom. The Morgan fingerprint density at radius 2 is 1.50 bits per heavy atom. The molecule has 0 radical (unpaired) electrons. The van der Waals surface area contributed by atoms with Crippen LogP contribution in [0, 0.1) is 0 Å². The van der Waals surface area contributed by atoms with E-state index in [2.05, 4.69) is 0 Å². The highest BCUT2D eigenvalue weighted by atomic mass is 19.4. The van der Waals surface area contributed by atoms with Crippen LogP contribution in [0.3, 0.4) is 0 Å². The number of rotatable bonds is 2. The third-order valence-electron chi connectivity index (χ3n) is 2.57. The van der Waals surface area contributed by atoms with Gasteiger partial charge in [-0.3, -0.25) is 0 Å². The molecule has 1 aromatic rings. The highest BCUT2D eigenvalue weighted by Gasteiger charge is 2.49. The first-order valence-corrected chi connectivity index (χ1v) is 4.80. The zero-order valence-corrected chi connectivity index (χ0v) is 9.47. The molecule has 0 fully saturated rings. The minimum Gasteiger partial charge on any atom is -0.378 e. The van der Waals surface area contributed by atoms with Gasteiger partial charge >= 0.3 is 6.18 Å². The summed E-state index contributed by atoms with van der Waals surface area (Å²) in [4.78, 5) is 1.81. The molecule has 2 nitrogen and oxygen atoms in total. The van der Waals surface area contributed by atoms with Gasteiger partial charge in [-0.05, 0) is 24.6 Å². The molecule has 0 aromatic heterocycles. The van der Waals surface area contributed by atoms with Gasteiger partial charge in [0.25, 0.3) is 0 Å². The van der Waals surface area contributed by atoms with Crippen molar-refractivity contribution < 1.29 is 13.2 Å². The van der Waals surface area contributed by atoms with E-state index < -0.39 is 11.7 Å². The van der Waals surface area contributed by atoms with E-state index in [0.29, 0.717) is 0 Å².